The van der Waals surface area contributed by atoms with Crippen molar-refractivity contribution in [2.45, 2.75) is 4.90 Å². The van der Waals surface area contributed by atoms with Gasteiger partial charge in [0.15, 0.2) is 16.6 Å². The minimum atomic E-state index is -3.26. The Morgan fingerprint density at radius 1 is 1.33 bits per heavy atom. The molecule has 5 nitrogen and oxygen atoms in total. The minimum absolute atomic E-state index is 0.128. The third-order valence-electron chi connectivity index (χ3n) is 1.71. The quantitative estimate of drug-likeness (QED) is 0.592. The van der Waals surface area contributed by atoms with Gasteiger partial charge in [-0.3, -0.25) is 0 Å². The summed E-state index contributed by atoms with van der Waals surface area (Å²) in [7, 11) is -3.26. The summed E-state index contributed by atoms with van der Waals surface area (Å²) in [4.78, 5) is 11.2. The maximum absolute atomic E-state index is 11.1. The fraction of sp³-hybridized carbons (Fsp3) is 0.222. The van der Waals surface area contributed by atoms with Crippen molar-refractivity contribution in [3.8, 4) is 0 Å². The number of carbonyl (C=O) groups excluding carboxylic acids is 1. The Morgan fingerprint density at radius 3 is 2.27 bits per heavy atom. The summed E-state index contributed by atoms with van der Waals surface area (Å²) in [6, 6.07) is 5.27. The van der Waals surface area contributed by atoms with E-state index in [9.17, 15) is 13.2 Å². The number of ether oxygens (including phenoxy) is 1. The molecule has 0 amide bonds. The molecule has 1 N–H and O–H groups in total. The molecule has 0 heterocycles. The number of aliphatic hydroxyl groups excluding tert-OH is 1. The average Bonchev–Trinajstić information content (AvgIpc) is 2.17. The van der Waals surface area contributed by atoms with Crippen LogP contribution in [0.3, 0.4) is 0 Å². The molecule has 0 aromatic heterocycles. The van der Waals surface area contributed by atoms with E-state index >= 15 is 0 Å². The summed E-state index contributed by atoms with van der Waals surface area (Å²) >= 11 is 0. The number of aliphatic hydroxyl groups is 1. The molecule has 0 aliphatic heterocycles. The maximum Gasteiger partial charge on any atom is 0.340 e. The Labute approximate surface area is 87.2 Å². The Morgan fingerprint density at radius 2 is 1.87 bits per heavy atom. The molecule has 1 aromatic rings. The lowest BCUT2D eigenvalue weighted by molar-refractivity contribution is 0.00683. The molecule has 0 saturated heterocycles. The number of esters is 1. The van der Waals surface area contributed by atoms with E-state index in [4.69, 9.17) is 5.11 Å². The van der Waals surface area contributed by atoms with Crippen LogP contribution in [0, 0.1) is 0 Å². The van der Waals surface area contributed by atoms with E-state index in [0.29, 0.717) is 0 Å². The zero-order valence-electron chi connectivity index (χ0n) is 8.00. The van der Waals surface area contributed by atoms with E-state index < -0.39 is 22.6 Å². The third kappa shape index (κ3) is 3.03. The Kier molecular flexibility index (Phi) is 3.43. The highest BCUT2D eigenvalue weighted by molar-refractivity contribution is 7.90. The molecule has 0 radical (unpaired) electrons. The average molecular weight is 230 g/mol. The number of hydrogen-bond donors (Lipinski definition) is 1. The minimum Gasteiger partial charge on any atom is -0.435 e. The SMILES string of the molecule is CS(=O)(=O)c1ccc(C(=O)OCO)cc1. The molecule has 0 atom stereocenters. The lowest BCUT2D eigenvalue weighted by Crippen LogP contribution is -2.06. The van der Waals surface area contributed by atoms with Crippen molar-refractivity contribution >= 4 is 15.8 Å². The normalized spacial score (nSPS) is 11.1. The van der Waals surface area contributed by atoms with Gasteiger partial charge in [-0.25, -0.2) is 13.2 Å². The molecule has 6 heteroatoms. The first-order chi connectivity index (χ1) is 6.95. The van der Waals surface area contributed by atoms with Gasteiger partial charge in [0.25, 0.3) is 0 Å². The number of sulfone groups is 1. The summed E-state index contributed by atoms with van der Waals surface area (Å²) in [5, 5.41) is 8.34. The van der Waals surface area contributed by atoms with E-state index in [-0.39, 0.29) is 10.5 Å². The first-order valence-electron chi connectivity index (χ1n) is 4.03. The van der Waals surface area contributed by atoms with Gasteiger partial charge in [-0.15, -0.1) is 0 Å². The second-order valence-corrected chi connectivity index (χ2v) is 4.87. The van der Waals surface area contributed by atoms with Gasteiger partial charge in [0.1, 0.15) is 0 Å². The molecule has 0 unspecified atom stereocenters. The standard InChI is InChI=1S/C9H10O5S/c1-15(12,13)8-4-2-7(3-5-8)9(11)14-6-10/h2-5,10H,6H2,1H3. The van der Waals surface area contributed by atoms with Gasteiger partial charge < -0.3 is 9.84 Å². The molecule has 0 bridgehead atoms. The number of benzene rings is 1. The summed E-state index contributed by atoms with van der Waals surface area (Å²) in [5.74, 6) is -0.697. The van der Waals surface area contributed by atoms with Crippen LogP contribution in [0.25, 0.3) is 0 Å². The molecule has 0 saturated carbocycles. The fourth-order valence-electron chi connectivity index (χ4n) is 0.980. The van der Waals surface area contributed by atoms with Crippen molar-refractivity contribution in [1.82, 2.24) is 0 Å². The van der Waals surface area contributed by atoms with Crippen molar-refractivity contribution in [1.29, 1.82) is 0 Å². The monoisotopic (exact) mass is 230 g/mol. The predicted molar refractivity (Wildman–Crippen MR) is 52.1 cm³/mol. The topological polar surface area (TPSA) is 80.7 Å². The van der Waals surface area contributed by atoms with Crippen LogP contribution in [-0.2, 0) is 14.6 Å². The molecule has 15 heavy (non-hydrogen) atoms. The van der Waals surface area contributed by atoms with E-state index in [0.717, 1.165) is 6.26 Å². The lowest BCUT2D eigenvalue weighted by atomic mass is 10.2. The number of carbonyl (C=O) groups is 1. The molecule has 0 aliphatic carbocycles. The van der Waals surface area contributed by atoms with Crippen molar-refractivity contribution in [2.75, 3.05) is 13.0 Å². The molecule has 0 aliphatic rings. The Hall–Kier alpha value is -1.40. The first-order valence-corrected chi connectivity index (χ1v) is 5.92. The highest BCUT2D eigenvalue weighted by atomic mass is 32.2. The smallest absolute Gasteiger partial charge is 0.340 e. The van der Waals surface area contributed by atoms with Crippen LogP contribution in [0.5, 0.6) is 0 Å². The summed E-state index contributed by atoms with van der Waals surface area (Å²) in [6.45, 7) is -0.702. The highest BCUT2D eigenvalue weighted by Crippen LogP contribution is 2.10. The summed E-state index contributed by atoms with van der Waals surface area (Å²) in [5.41, 5.74) is 0.191. The maximum atomic E-state index is 11.1. The number of hydrogen-bond acceptors (Lipinski definition) is 5. The molecule has 1 rings (SSSR count). The van der Waals surface area contributed by atoms with Crippen molar-refractivity contribution in [2.24, 2.45) is 0 Å². The van der Waals surface area contributed by atoms with Crippen molar-refractivity contribution in [3.05, 3.63) is 29.8 Å². The van der Waals surface area contributed by atoms with Crippen molar-refractivity contribution < 1.29 is 23.1 Å². The first kappa shape index (κ1) is 11.7. The van der Waals surface area contributed by atoms with E-state index in [1.165, 1.54) is 24.3 Å². The third-order valence-corrected chi connectivity index (χ3v) is 2.84. The van der Waals surface area contributed by atoms with Crippen LogP contribution < -0.4 is 0 Å². The van der Waals surface area contributed by atoms with Gasteiger partial charge >= 0.3 is 5.97 Å². The predicted octanol–water partition coefficient (Wildman–Crippen LogP) is 0.197. The second kappa shape index (κ2) is 4.41. The summed E-state index contributed by atoms with van der Waals surface area (Å²) < 4.78 is 26.5. The molecular weight excluding hydrogens is 220 g/mol. The Bertz CT molecular complexity index is 446. The van der Waals surface area contributed by atoms with Crippen LogP contribution in [0.1, 0.15) is 10.4 Å². The van der Waals surface area contributed by atoms with Gasteiger partial charge in [0, 0.05) is 6.26 Å². The van der Waals surface area contributed by atoms with Gasteiger partial charge in [-0.2, -0.15) is 0 Å². The van der Waals surface area contributed by atoms with E-state index in [1.54, 1.807) is 0 Å². The number of rotatable bonds is 3. The zero-order chi connectivity index (χ0) is 11.5. The van der Waals surface area contributed by atoms with E-state index in [1.807, 2.05) is 0 Å². The van der Waals surface area contributed by atoms with Crippen molar-refractivity contribution in [3.63, 3.8) is 0 Å². The zero-order valence-corrected chi connectivity index (χ0v) is 8.82. The van der Waals surface area contributed by atoms with E-state index in [2.05, 4.69) is 4.74 Å². The molecule has 0 fully saturated rings. The van der Waals surface area contributed by atoms with Gasteiger partial charge in [0.2, 0.25) is 0 Å². The van der Waals surface area contributed by atoms with Crippen LogP contribution in [0.15, 0.2) is 29.2 Å². The summed E-state index contributed by atoms with van der Waals surface area (Å²) in [6.07, 6.45) is 1.08. The lowest BCUT2D eigenvalue weighted by Gasteiger charge is -2.02. The van der Waals surface area contributed by atoms with Crippen LogP contribution in [0.4, 0.5) is 0 Å². The second-order valence-electron chi connectivity index (χ2n) is 2.86. The highest BCUT2D eigenvalue weighted by Gasteiger charge is 2.10. The van der Waals surface area contributed by atoms with Gasteiger partial charge in [-0.05, 0) is 24.3 Å². The molecule has 1 aromatic carbocycles. The van der Waals surface area contributed by atoms with Gasteiger partial charge in [0.05, 0.1) is 10.5 Å². The molecule has 82 valence electrons. The van der Waals surface area contributed by atoms with Crippen LogP contribution >= 0.6 is 0 Å². The fourth-order valence-corrected chi connectivity index (χ4v) is 1.61. The Balaban J connectivity index is 2.96. The largest absolute Gasteiger partial charge is 0.435 e. The van der Waals surface area contributed by atoms with Crippen LogP contribution in [-0.4, -0.2) is 32.5 Å². The van der Waals surface area contributed by atoms with Crippen LogP contribution in [0.2, 0.25) is 0 Å². The molecular formula is C9H10O5S. The van der Waals surface area contributed by atoms with Gasteiger partial charge in [-0.1, -0.05) is 0 Å². The molecule has 0 spiro atoms.